The van der Waals surface area contributed by atoms with Crippen molar-refractivity contribution in [1.82, 2.24) is 9.62 Å². The Balaban J connectivity index is 2.30. The molecule has 0 atom stereocenters. The van der Waals surface area contributed by atoms with Crippen molar-refractivity contribution in [2.24, 2.45) is 0 Å². The van der Waals surface area contributed by atoms with Gasteiger partial charge in [0.25, 0.3) is 0 Å². The van der Waals surface area contributed by atoms with Gasteiger partial charge in [0.15, 0.2) is 0 Å². The van der Waals surface area contributed by atoms with Crippen LogP contribution in [0.5, 0.6) is 0 Å². The SMILES string of the molecule is CN(C1(C)CCNCC1)S(=O)(=O)c1ccccc1. The Morgan fingerprint density at radius 1 is 1.17 bits per heavy atom. The van der Waals surface area contributed by atoms with Crippen LogP contribution in [0.15, 0.2) is 35.2 Å². The molecule has 5 heteroatoms. The second-order valence-corrected chi connectivity index (χ2v) is 7.00. The van der Waals surface area contributed by atoms with Gasteiger partial charge in [-0.2, -0.15) is 4.31 Å². The average Bonchev–Trinajstić information content (AvgIpc) is 2.40. The largest absolute Gasteiger partial charge is 0.317 e. The fraction of sp³-hybridized carbons (Fsp3) is 0.538. The average molecular weight is 268 g/mol. The Hall–Kier alpha value is -0.910. The molecule has 0 unspecified atom stereocenters. The van der Waals surface area contributed by atoms with Crippen LogP contribution in [0.25, 0.3) is 0 Å². The van der Waals surface area contributed by atoms with E-state index >= 15 is 0 Å². The Bertz CT molecular complexity index is 493. The molecule has 1 N–H and O–H groups in total. The molecule has 0 spiro atoms. The van der Waals surface area contributed by atoms with Crippen molar-refractivity contribution in [2.75, 3.05) is 20.1 Å². The van der Waals surface area contributed by atoms with E-state index in [2.05, 4.69) is 5.32 Å². The van der Waals surface area contributed by atoms with E-state index in [-0.39, 0.29) is 5.54 Å². The number of rotatable bonds is 3. The lowest BCUT2D eigenvalue weighted by Crippen LogP contribution is -2.52. The second kappa shape index (κ2) is 4.99. The number of hydrogen-bond acceptors (Lipinski definition) is 3. The molecule has 4 nitrogen and oxygen atoms in total. The topological polar surface area (TPSA) is 49.4 Å². The van der Waals surface area contributed by atoms with E-state index in [1.54, 1.807) is 31.3 Å². The maximum absolute atomic E-state index is 12.5. The van der Waals surface area contributed by atoms with Gasteiger partial charge in [0.1, 0.15) is 0 Å². The molecule has 1 heterocycles. The van der Waals surface area contributed by atoms with Crippen LogP contribution < -0.4 is 5.32 Å². The van der Waals surface area contributed by atoms with Crippen LogP contribution >= 0.6 is 0 Å². The summed E-state index contributed by atoms with van der Waals surface area (Å²) in [6.07, 6.45) is 1.69. The summed E-state index contributed by atoms with van der Waals surface area (Å²) in [5.74, 6) is 0. The van der Waals surface area contributed by atoms with E-state index in [0.29, 0.717) is 4.90 Å². The number of nitrogens with one attached hydrogen (secondary N) is 1. The number of sulfonamides is 1. The monoisotopic (exact) mass is 268 g/mol. The predicted octanol–water partition coefficient (Wildman–Crippen LogP) is 1.45. The highest BCUT2D eigenvalue weighted by Gasteiger charge is 2.38. The van der Waals surface area contributed by atoms with Crippen molar-refractivity contribution in [2.45, 2.75) is 30.2 Å². The molecule has 1 fully saturated rings. The van der Waals surface area contributed by atoms with Gasteiger partial charge in [-0.25, -0.2) is 8.42 Å². The molecule has 0 saturated carbocycles. The minimum Gasteiger partial charge on any atom is -0.317 e. The van der Waals surface area contributed by atoms with Crippen LogP contribution in [-0.2, 0) is 10.0 Å². The van der Waals surface area contributed by atoms with Crippen molar-refractivity contribution in [1.29, 1.82) is 0 Å². The lowest BCUT2D eigenvalue weighted by atomic mass is 9.91. The molecule has 0 bridgehead atoms. The highest BCUT2D eigenvalue weighted by Crippen LogP contribution is 2.29. The van der Waals surface area contributed by atoms with Crippen LogP contribution in [0.2, 0.25) is 0 Å². The number of piperidine rings is 1. The van der Waals surface area contributed by atoms with Gasteiger partial charge in [0.05, 0.1) is 4.90 Å². The second-order valence-electron chi connectivity index (χ2n) is 5.03. The quantitative estimate of drug-likeness (QED) is 0.902. The smallest absolute Gasteiger partial charge is 0.243 e. The summed E-state index contributed by atoms with van der Waals surface area (Å²) in [7, 11) is -1.70. The van der Waals surface area contributed by atoms with Gasteiger partial charge in [-0.15, -0.1) is 0 Å². The summed E-state index contributed by atoms with van der Waals surface area (Å²) < 4.78 is 26.6. The van der Waals surface area contributed by atoms with Crippen LogP contribution in [0.4, 0.5) is 0 Å². The summed E-state index contributed by atoms with van der Waals surface area (Å²) in [6, 6.07) is 8.63. The van der Waals surface area contributed by atoms with E-state index in [1.165, 1.54) is 4.31 Å². The normalized spacial score (nSPS) is 19.9. The van der Waals surface area contributed by atoms with Crippen LogP contribution in [0.1, 0.15) is 19.8 Å². The zero-order chi connectivity index (χ0) is 13.2. The molecule has 1 saturated heterocycles. The number of hydrogen-bond donors (Lipinski definition) is 1. The first-order valence-corrected chi connectivity index (χ1v) is 7.66. The maximum atomic E-state index is 12.5. The standard InChI is InChI=1S/C13H20N2O2S/c1-13(8-10-14-11-9-13)15(2)18(16,17)12-6-4-3-5-7-12/h3-7,14H,8-11H2,1-2H3. The lowest BCUT2D eigenvalue weighted by molar-refractivity contribution is 0.182. The van der Waals surface area contributed by atoms with E-state index in [1.807, 2.05) is 13.0 Å². The van der Waals surface area contributed by atoms with E-state index in [9.17, 15) is 8.42 Å². The first-order chi connectivity index (χ1) is 8.47. The highest BCUT2D eigenvalue weighted by molar-refractivity contribution is 7.89. The molecule has 1 aliphatic rings. The zero-order valence-corrected chi connectivity index (χ0v) is 11.7. The Labute approximate surface area is 109 Å². The molecular formula is C13H20N2O2S. The molecule has 0 radical (unpaired) electrons. The van der Waals surface area contributed by atoms with Gasteiger partial charge in [0.2, 0.25) is 10.0 Å². The summed E-state index contributed by atoms with van der Waals surface area (Å²) in [4.78, 5) is 0.368. The van der Waals surface area contributed by atoms with Gasteiger partial charge >= 0.3 is 0 Å². The Kier molecular flexibility index (Phi) is 3.75. The summed E-state index contributed by atoms with van der Waals surface area (Å²) in [5, 5.41) is 3.26. The van der Waals surface area contributed by atoms with Crippen LogP contribution in [0, 0.1) is 0 Å². The Morgan fingerprint density at radius 2 is 1.72 bits per heavy atom. The molecule has 18 heavy (non-hydrogen) atoms. The molecule has 0 amide bonds. The van der Waals surface area contributed by atoms with Crippen LogP contribution in [-0.4, -0.2) is 38.4 Å². The minimum atomic E-state index is -3.39. The molecule has 0 aromatic heterocycles. The minimum absolute atomic E-state index is 0.292. The van der Waals surface area contributed by atoms with Crippen molar-refractivity contribution in [3.63, 3.8) is 0 Å². The zero-order valence-electron chi connectivity index (χ0n) is 10.9. The van der Waals surface area contributed by atoms with Gasteiger partial charge in [-0.1, -0.05) is 18.2 Å². The predicted molar refractivity (Wildman–Crippen MR) is 71.9 cm³/mol. The molecule has 1 aromatic carbocycles. The molecule has 1 aliphatic heterocycles. The third kappa shape index (κ3) is 2.43. The van der Waals surface area contributed by atoms with Crippen molar-refractivity contribution in [3.05, 3.63) is 30.3 Å². The van der Waals surface area contributed by atoms with Gasteiger partial charge in [0, 0.05) is 12.6 Å². The third-order valence-corrected chi connectivity index (χ3v) is 5.87. The fourth-order valence-corrected chi connectivity index (χ4v) is 3.90. The molecular weight excluding hydrogens is 248 g/mol. The van der Waals surface area contributed by atoms with E-state index < -0.39 is 10.0 Å². The number of benzene rings is 1. The van der Waals surface area contributed by atoms with E-state index in [0.717, 1.165) is 25.9 Å². The van der Waals surface area contributed by atoms with Crippen molar-refractivity contribution in [3.8, 4) is 0 Å². The van der Waals surface area contributed by atoms with Gasteiger partial charge in [-0.05, 0) is 45.0 Å². The third-order valence-electron chi connectivity index (χ3n) is 3.84. The highest BCUT2D eigenvalue weighted by atomic mass is 32.2. The summed E-state index contributed by atoms with van der Waals surface area (Å²) in [6.45, 7) is 3.75. The van der Waals surface area contributed by atoms with Crippen molar-refractivity contribution < 1.29 is 8.42 Å². The molecule has 100 valence electrons. The fourth-order valence-electron chi connectivity index (χ4n) is 2.32. The molecule has 2 rings (SSSR count). The first-order valence-electron chi connectivity index (χ1n) is 6.22. The summed E-state index contributed by atoms with van der Waals surface area (Å²) in [5.41, 5.74) is -0.292. The van der Waals surface area contributed by atoms with E-state index in [4.69, 9.17) is 0 Å². The van der Waals surface area contributed by atoms with Crippen molar-refractivity contribution >= 4 is 10.0 Å². The van der Waals surface area contributed by atoms with Gasteiger partial charge < -0.3 is 5.32 Å². The number of nitrogens with zero attached hydrogens (tertiary/aromatic N) is 1. The molecule has 1 aromatic rings. The van der Waals surface area contributed by atoms with Crippen LogP contribution in [0.3, 0.4) is 0 Å². The van der Waals surface area contributed by atoms with Gasteiger partial charge in [-0.3, -0.25) is 0 Å². The summed E-state index contributed by atoms with van der Waals surface area (Å²) >= 11 is 0. The Morgan fingerprint density at radius 3 is 2.28 bits per heavy atom. The molecule has 0 aliphatic carbocycles. The lowest BCUT2D eigenvalue weighted by Gasteiger charge is -2.41. The maximum Gasteiger partial charge on any atom is 0.243 e. The first kappa shape index (κ1) is 13.5.